The van der Waals surface area contributed by atoms with Crippen molar-refractivity contribution in [2.24, 2.45) is 0 Å². The summed E-state index contributed by atoms with van der Waals surface area (Å²) in [7, 11) is 0. The number of nitrogens with zero attached hydrogens (tertiary/aromatic N) is 5. The Kier molecular flexibility index (Phi) is 6.24. The molecule has 0 aliphatic rings. The maximum absolute atomic E-state index is 6.44. The summed E-state index contributed by atoms with van der Waals surface area (Å²) in [6.07, 6.45) is 5.66. The van der Waals surface area contributed by atoms with Crippen LogP contribution in [-0.2, 0) is 21.1 Å². The Labute approximate surface area is 266 Å². The van der Waals surface area contributed by atoms with Crippen LogP contribution in [0.3, 0.4) is 0 Å². The van der Waals surface area contributed by atoms with E-state index in [9.17, 15) is 0 Å². The second kappa shape index (κ2) is 10.4. The van der Waals surface area contributed by atoms with Crippen LogP contribution in [0.25, 0.3) is 66.3 Å². The number of para-hydroxylation sites is 1. The predicted octanol–water partition coefficient (Wildman–Crippen LogP) is 8.58. The Balaban J connectivity index is 0.00000289. The van der Waals surface area contributed by atoms with Crippen LogP contribution in [0.1, 0.15) is 0 Å². The second-order valence-electron chi connectivity index (χ2n) is 10.4. The SMILES string of the molecule is [Pt+2].[c-]1c(Oc2[c-]c3c(cc2)c2ccccc2n3-c2ccccn2)ccc2c1c1nc(-c3ccccc3)cn1c1ncccc21. The molecule has 0 saturated carbocycles. The average molecular weight is 747 g/mol. The number of hydrogen-bond acceptors (Lipinski definition) is 4. The molecule has 7 heteroatoms. The molecular formula is C37H21N5OPt. The maximum atomic E-state index is 6.44. The van der Waals surface area contributed by atoms with Crippen molar-refractivity contribution in [3.63, 3.8) is 0 Å². The van der Waals surface area contributed by atoms with Crippen LogP contribution in [0, 0.1) is 12.1 Å². The van der Waals surface area contributed by atoms with Gasteiger partial charge < -0.3 is 13.7 Å². The Morgan fingerprint density at radius 3 is 2.20 bits per heavy atom. The number of ether oxygens (including phenoxy) is 1. The largest absolute Gasteiger partial charge is 2.00 e. The summed E-state index contributed by atoms with van der Waals surface area (Å²) in [5.41, 5.74) is 5.52. The van der Waals surface area contributed by atoms with Gasteiger partial charge in [0.2, 0.25) is 0 Å². The fraction of sp³-hybridized carbons (Fsp3) is 0. The molecule has 0 atom stereocenters. The summed E-state index contributed by atoms with van der Waals surface area (Å²) >= 11 is 0. The Bertz CT molecular complexity index is 2490. The molecule has 210 valence electrons. The van der Waals surface area contributed by atoms with Crippen molar-refractivity contribution in [3.8, 4) is 28.6 Å². The van der Waals surface area contributed by atoms with Crippen molar-refractivity contribution in [3.05, 3.63) is 140 Å². The molecule has 0 unspecified atom stereocenters. The van der Waals surface area contributed by atoms with Crippen LogP contribution in [0.5, 0.6) is 11.5 Å². The number of pyridine rings is 3. The molecule has 0 spiro atoms. The molecule has 5 heterocycles. The molecule has 6 nitrogen and oxygen atoms in total. The zero-order chi connectivity index (χ0) is 28.3. The van der Waals surface area contributed by atoms with Crippen LogP contribution < -0.4 is 4.74 Å². The van der Waals surface area contributed by atoms with E-state index >= 15 is 0 Å². The zero-order valence-corrected chi connectivity index (χ0v) is 25.4. The number of hydrogen-bond donors (Lipinski definition) is 0. The van der Waals surface area contributed by atoms with Gasteiger partial charge in [-0.1, -0.05) is 83.0 Å². The van der Waals surface area contributed by atoms with Crippen molar-refractivity contribution in [1.29, 1.82) is 0 Å². The van der Waals surface area contributed by atoms with Crippen molar-refractivity contribution in [1.82, 2.24) is 23.9 Å². The fourth-order valence-electron chi connectivity index (χ4n) is 5.98. The van der Waals surface area contributed by atoms with E-state index in [1.54, 1.807) is 6.20 Å². The third-order valence-corrected chi connectivity index (χ3v) is 7.88. The van der Waals surface area contributed by atoms with E-state index in [2.05, 4.69) is 70.2 Å². The minimum atomic E-state index is 0. The van der Waals surface area contributed by atoms with Gasteiger partial charge in [-0.2, -0.15) is 6.07 Å². The molecule has 0 N–H and O–H groups in total. The molecule has 0 aliphatic heterocycles. The van der Waals surface area contributed by atoms with Crippen molar-refractivity contribution >= 4 is 49.3 Å². The van der Waals surface area contributed by atoms with E-state index in [1.807, 2.05) is 77.5 Å². The van der Waals surface area contributed by atoms with Gasteiger partial charge >= 0.3 is 21.1 Å². The van der Waals surface area contributed by atoms with E-state index in [4.69, 9.17) is 14.7 Å². The molecule has 0 saturated heterocycles. The normalized spacial score (nSPS) is 11.5. The molecule has 0 fully saturated rings. The Hall–Kier alpha value is -5.32. The maximum Gasteiger partial charge on any atom is 2.00 e. The third kappa shape index (κ3) is 4.10. The van der Waals surface area contributed by atoms with Gasteiger partial charge in [-0.25, -0.2) is 9.97 Å². The van der Waals surface area contributed by atoms with Gasteiger partial charge in [0.25, 0.3) is 0 Å². The number of benzene rings is 4. The number of aromatic nitrogens is 5. The predicted molar refractivity (Wildman–Crippen MR) is 170 cm³/mol. The summed E-state index contributed by atoms with van der Waals surface area (Å²) in [5.74, 6) is 2.00. The van der Waals surface area contributed by atoms with Crippen molar-refractivity contribution in [2.45, 2.75) is 0 Å². The minimum Gasteiger partial charge on any atom is -0.503 e. The Morgan fingerprint density at radius 2 is 1.34 bits per heavy atom. The fourth-order valence-corrected chi connectivity index (χ4v) is 5.98. The summed E-state index contributed by atoms with van der Waals surface area (Å²) in [6, 6.07) is 43.5. The minimum absolute atomic E-state index is 0. The molecule has 44 heavy (non-hydrogen) atoms. The standard InChI is InChI=1S/C37H21N5O.Pt/c1-2-9-24(10-3-1)32-23-41-36-30(12-8-20-39-36)27-17-15-25(21-31(27)37(41)40-32)43-26-16-18-29-28-11-4-5-13-33(28)42(34(29)22-26)35-14-6-7-19-38-35;/h1-20,23H;/q-2;+2. The van der Waals surface area contributed by atoms with Crippen LogP contribution >= 0.6 is 0 Å². The Morgan fingerprint density at radius 1 is 0.591 bits per heavy atom. The first-order valence-corrected chi connectivity index (χ1v) is 14.0. The number of fused-ring (bicyclic) bond motifs is 9. The molecule has 4 aromatic carbocycles. The van der Waals surface area contributed by atoms with Gasteiger partial charge in [0.1, 0.15) is 11.5 Å². The molecule has 0 bridgehead atoms. The van der Waals surface area contributed by atoms with E-state index < -0.39 is 0 Å². The summed E-state index contributed by atoms with van der Waals surface area (Å²) in [6.45, 7) is 0. The molecule has 9 aromatic rings. The molecule has 9 rings (SSSR count). The molecular weight excluding hydrogens is 726 g/mol. The number of rotatable bonds is 4. The first-order chi connectivity index (χ1) is 21.3. The monoisotopic (exact) mass is 746 g/mol. The molecule has 0 amide bonds. The van der Waals surface area contributed by atoms with E-state index in [0.717, 1.165) is 66.3 Å². The molecule has 0 radical (unpaired) electrons. The van der Waals surface area contributed by atoms with E-state index in [1.165, 1.54) is 0 Å². The van der Waals surface area contributed by atoms with E-state index in [-0.39, 0.29) is 21.1 Å². The molecule has 5 aromatic heterocycles. The van der Waals surface area contributed by atoms with Gasteiger partial charge in [0.05, 0.1) is 11.3 Å². The van der Waals surface area contributed by atoms with Gasteiger partial charge in [-0.15, -0.1) is 29.7 Å². The van der Waals surface area contributed by atoms with E-state index in [0.29, 0.717) is 11.5 Å². The topological polar surface area (TPSA) is 57.2 Å². The summed E-state index contributed by atoms with van der Waals surface area (Å²) in [5, 5.41) is 5.13. The average Bonchev–Trinajstić information content (AvgIpc) is 3.66. The second-order valence-corrected chi connectivity index (χ2v) is 10.4. The van der Waals surface area contributed by atoms with Crippen LogP contribution in [0.15, 0.2) is 128 Å². The summed E-state index contributed by atoms with van der Waals surface area (Å²) in [4.78, 5) is 14.4. The smallest absolute Gasteiger partial charge is 0.503 e. The summed E-state index contributed by atoms with van der Waals surface area (Å²) < 4.78 is 10.6. The van der Waals surface area contributed by atoms with Gasteiger partial charge in [-0.05, 0) is 35.0 Å². The van der Waals surface area contributed by atoms with Gasteiger partial charge in [0.15, 0.2) is 0 Å². The van der Waals surface area contributed by atoms with Crippen LogP contribution in [-0.4, -0.2) is 23.9 Å². The van der Waals surface area contributed by atoms with Crippen LogP contribution in [0.2, 0.25) is 0 Å². The van der Waals surface area contributed by atoms with Gasteiger partial charge in [-0.3, -0.25) is 4.98 Å². The van der Waals surface area contributed by atoms with Gasteiger partial charge in [0, 0.05) is 41.2 Å². The first kappa shape index (κ1) is 26.3. The first-order valence-electron chi connectivity index (χ1n) is 14.0. The van der Waals surface area contributed by atoms with Crippen molar-refractivity contribution in [2.75, 3.05) is 0 Å². The van der Waals surface area contributed by atoms with Crippen LogP contribution in [0.4, 0.5) is 0 Å². The zero-order valence-electron chi connectivity index (χ0n) is 23.1. The quantitative estimate of drug-likeness (QED) is 0.134. The van der Waals surface area contributed by atoms with Crippen molar-refractivity contribution < 1.29 is 25.8 Å². The molecule has 0 aliphatic carbocycles. The third-order valence-electron chi connectivity index (χ3n) is 7.88. The number of imidazole rings is 1.